The second-order valence-corrected chi connectivity index (χ2v) is 3.30. The highest BCUT2D eigenvalue weighted by atomic mass is 16.1. The number of rotatable bonds is 8. The predicted octanol–water partition coefficient (Wildman–Crippen LogP) is 2.22. The molecule has 0 aliphatic heterocycles. The first-order chi connectivity index (χ1) is 6.22. The first-order valence-corrected chi connectivity index (χ1v) is 5.10. The monoisotopic (exact) mass is 218 g/mol. The molecule has 94 valence electrons. The number of hydrogen-bond donors (Lipinski definition) is 2. The lowest BCUT2D eigenvalue weighted by Crippen LogP contribution is -2.32. The average Bonchev–Trinajstić information content (AvgIpc) is 2.10. The number of hydrogen-bond acceptors (Lipinski definition) is 3. The summed E-state index contributed by atoms with van der Waals surface area (Å²) in [6, 6.07) is 0.0571. The smallest absolute Gasteiger partial charge is 0.146 e. The lowest BCUT2D eigenvalue weighted by Gasteiger charge is -2.11. The van der Waals surface area contributed by atoms with Crippen molar-refractivity contribution in [1.29, 1.82) is 0 Å². The lowest BCUT2D eigenvalue weighted by molar-refractivity contribution is -0.119. The molecular formula is C12H30N2O. The Morgan fingerprint density at radius 2 is 1.87 bits per heavy atom. The number of nitrogens with one attached hydrogen (secondary N) is 2. The van der Waals surface area contributed by atoms with Gasteiger partial charge in [-0.15, -0.1) is 0 Å². The molecule has 0 heterocycles. The third kappa shape index (κ3) is 11.5. The summed E-state index contributed by atoms with van der Waals surface area (Å²) in [5.41, 5.74) is 0. The molecule has 0 bridgehead atoms. The van der Waals surface area contributed by atoms with E-state index in [1.807, 2.05) is 7.05 Å². The van der Waals surface area contributed by atoms with E-state index >= 15 is 0 Å². The van der Waals surface area contributed by atoms with Gasteiger partial charge in [0.2, 0.25) is 0 Å². The van der Waals surface area contributed by atoms with Gasteiger partial charge in [0.25, 0.3) is 0 Å². The van der Waals surface area contributed by atoms with Crippen molar-refractivity contribution in [3.05, 3.63) is 0 Å². The molecule has 0 aromatic carbocycles. The van der Waals surface area contributed by atoms with Gasteiger partial charge >= 0.3 is 0 Å². The van der Waals surface area contributed by atoms with Gasteiger partial charge in [-0.2, -0.15) is 0 Å². The first-order valence-electron chi connectivity index (χ1n) is 5.10. The molecule has 0 rings (SSSR count). The maximum atomic E-state index is 11.0. The van der Waals surface area contributed by atoms with Crippen molar-refractivity contribution in [2.45, 2.75) is 54.0 Å². The van der Waals surface area contributed by atoms with Crippen LogP contribution in [0.3, 0.4) is 0 Å². The predicted molar refractivity (Wildman–Crippen MR) is 69.4 cm³/mol. The Kier molecular flexibility index (Phi) is 18.2. The van der Waals surface area contributed by atoms with Crippen molar-refractivity contribution in [2.75, 3.05) is 20.1 Å². The fourth-order valence-electron chi connectivity index (χ4n) is 1.33. The van der Waals surface area contributed by atoms with Crippen LogP contribution >= 0.6 is 0 Å². The van der Waals surface area contributed by atoms with Gasteiger partial charge in [0.05, 0.1) is 6.04 Å². The Balaban J connectivity index is -0.000000720. The van der Waals surface area contributed by atoms with Crippen LogP contribution in [0, 0.1) is 0 Å². The molecule has 2 N–H and O–H groups in total. The third-order valence-corrected chi connectivity index (χ3v) is 2.19. The summed E-state index contributed by atoms with van der Waals surface area (Å²) in [4.78, 5) is 11.0. The van der Waals surface area contributed by atoms with Crippen LogP contribution in [0.5, 0.6) is 0 Å². The summed E-state index contributed by atoms with van der Waals surface area (Å²) in [7, 11) is 1.84. The molecule has 0 aliphatic rings. The zero-order valence-electron chi connectivity index (χ0n) is 9.02. The Morgan fingerprint density at radius 1 is 1.27 bits per heavy atom. The van der Waals surface area contributed by atoms with Gasteiger partial charge in [-0.25, -0.2) is 0 Å². The van der Waals surface area contributed by atoms with Gasteiger partial charge in [-0.3, -0.25) is 4.79 Å². The second-order valence-electron chi connectivity index (χ2n) is 3.30. The largest absolute Gasteiger partial charge is 0.317 e. The fourth-order valence-corrected chi connectivity index (χ4v) is 1.33. The molecule has 0 aromatic rings. The number of carbonyl (C=O) groups excluding carboxylic acids is 1. The Hall–Kier alpha value is -0.410. The molecule has 0 aromatic heterocycles. The summed E-state index contributed by atoms with van der Waals surface area (Å²) >= 11 is 0. The Labute approximate surface area is 96.0 Å². The molecule has 0 aliphatic carbocycles. The summed E-state index contributed by atoms with van der Waals surface area (Å²) in [5, 5.41) is 6.29. The van der Waals surface area contributed by atoms with Crippen molar-refractivity contribution in [3.63, 3.8) is 0 Å². The lowest BCUT2D eigenvalue weighted by atomic mass is 10.1. The van der Waals surface area contributed by atoms with Crippen LogP contribution in [0.25, 0.3) is 0 Å². The zero-order chi connectivity index (χ0) is 10.1. The number of unbranched alkanes of at least 4 members (excludes halogenated alkanes) is 1. The highest BCUT2D eigenvalue weighted by molar-refractivity contribution is 5.81. The minimum atomic E-state index is 0. The Bertz CT molecular complexity index is 138. The molecule has 0 spiro atoms. The minimum absolute atomic E-state index is 0. The molecule has 3 nitrogen and oxygen atoms in total. The number of likely N-dealkylation sites (N-methyl/N-ethyl adjacent to an activating group) is 1. The highest BCUT2D eigenvalue weighted by Crippen LogP contribution is 2.00. The molecule has 0 saturated carbocycles. The van der Waals surface area contributed by atoms with E-state index < -0.39 is 0 Å². The quantitative estimate of drug-likeness (QED) is 0.614. The third-order valence-electron chi connectivity index (χ3n) is 2.19. The van der Waals surface area contributed by atoms with Crippen LogP contribution in [0.2, 0.25) is 0 Å². The number of ketones is 1. The van der Waals surface area contributed by atoms with E-state index in [4.69, 9.17) is 0 Å². The van der Waals surface area contributed by atoms with Crippen molar-refractivity contribution >= 4 is 5.78 Å². The van der Waals surface area contributed by atoms with Crippen LogP contribution in [0.15, 0.2) is 0 Å². The molecule has 3 heteroatoms. The van der Waals surface area contributed by atoms with E-state index in [2.05, 4.69) is 17.6 Å². The van der Waals surface area contributed by atoms with Gasteiger partial charge in [-0.05, 0) is 39.9 Å². The van der Waals surface area contributed by atoms with Crippen LogP contribution in [-0.4, -0.2) is 32.0 Å². The van der Waals surface area contributed by atoms with E-state index in [-0.39, 0.29) is 26.7 Å². The summed E-state index contributed by atoms with van der Waals surface area (Å²) < 4.78 is 0. The van der Waals surface area contributed by atoms with E-state index in [1.54, 1.807) is 6.92 Å². The van der Waals surface area contributed by atoms with Gasteiger partial charge in [0, 0.05) is 0 Å². The molecule has 15 heavy (non-hydrogen) atoms. The van der Waals surface area contributed by atoms with Crippen molar-refractivity contribution in [1.82, 2.24) is 10.6 Å². The molecule has 1 unspecified atom stereocenters. The van der Waals surface area contributed by atoms with E-state index in [0.717, 1.165) is 32.4 Å². The molecular weight excluding hydrogens is 188 g/mol. The fraction of sp³-hybridized carbons (Fsp3) is 0.917. The van der Waals surface area contributed by atoms with Crippen LogP contribution in [0.1, 0.15) is 48.0 Å². The van der Waals surface area contributed by atoms with Gasteiger partial charge in [0.1, 0.15) is 5.78 Å². The topological polar surface area (TPSA) is 41.1 Å². The maximum Gasteiger partial charge on any atom is 0.146 e. The summed E-state index contributed by atoms with van der Waals surface area (Å²) in [6.07, 6.45) is 3.22. The SMILES string of the molecule is C.C.CCNCCCCC(NC)C(C)=O. The molecule has 1 atom stereocenters. The Morgan fingerprint density at radius 3 is 2.27 bits per heavy atom. The molecule has 0 radical (unpaired) electrons. The van der Waals surface area contributed by atoms with E-state index in [9.17, 15) is 4.79 Å². The van der Waals surface area contributed by atoms with Crippen molar-refractivity contribution < 1.29 is 4.79 Å². The minimum Gasteiger partial charge on any atom is -0.317 e. The summed E-state index contributed by atoms with van der Waals surface area (Å²) in [5.74, 6) is 0.242. The van der Waals surface area contributed by atoms with Crippen LogP contribution < -0.4 is 10.6 Å². The van der Waals surface area contributed by atoms with Crippen molar-refractivity contribution in [3.8, 4) is 0 Å². The molecule has 0 fully saturated rings. The van der Waals surface area contributed by atoms with Gasteiger partial charge in [0.15, 0.2) is 0 Å². The van der Waals surface area contributed by atoms with Crippen molar-refractivity contribution in [2.24, 2.45) is 0 Å². The molecule has 0 amide bonds. The van der Waals surface area contributed by atoms with Crippen LogP contribution in [-0.2, 0) is 4.79 Å². The van der Waals surface area contributed by atoms with Gasteiger partial charge in [-0.1, -0.05) is 28.2 Å². The average molecular weight is 218 g/mol. The van der Waals surface area contributed by atoms with E-state index in [0.29, 0.717) is 0 Å². The summed E-state index contributed by atoms with van der Waals surface area (Å²) in [6.45, 7) is 5.84. The highest BCUT2D eigenvalue weighted by Gasteiger charge is 2.09. The molecule has 0 saturated heterocycles. The normalized spacial score (nSPS) is 11.1. The number of carbonyl (C=O) groups is 1. The first kappa shape index (κ1) is 20.1. The van der Waals surface area contributed by atoms with Crippen LogP contribution in [0.4, 0.5) is 0 Å². The van der Waals surface area contributed by atoms with Gasteiger partial charge < -0.3 is 10.6 Å². The van der Waals surface area contributed by atoms with E-state index in [1.165, 1.54) is 0 Å². The second kappa shape index (κ2) is 13.6. The standard InChI is InChI=1S/C10H22N2O.2CH4/c1-4-12-8-6-5-7-10(11-3)9(2)13;;/h10-12H,4-8H2,1-3H3;2*1H4. The maximum absolute atomic E-state index is 11.0. The zero-order valence-corrected chi connectivity index (χ0v) is 9.02. The number of Topliss-reactive ketones (excluding diaryl/α,β-unsaturated/α-hetero) is 1.